The molecule has 0 aromatic carbocycles. The van der Waals surface area contributed by atoms with Crippen LogP contribution in [0.15, 0.2) is 4.99 Å². The smallest absolute Gasteiger partial charge is 0.385 e. The molecule has 2 fully saturated rings. The van der Waals surface area contributed by atoms with Gasteiger partial charge in [-0.05, 0) is 50.5 Å². The summed E-state index contributed by atoms with van der Waals surface area (Å²) in [7, 11) is 1.73. The Hall–Kier alpha value is -0.290. The number of rotatable bonds is 9. The van der Waals surface area contributed by atoms with Gasteiger partial charge in [0.1, 0.15) is 0 Å². The number of alkyl halides is 3. The Labute approximate surface area is 177 Å². The van der Waals surface area contributed by atoms with Crippen molar-refractivity contribution in [2.24, 2.45) is 16.3 Å². The first-order valence-corrected chi connectivity index (χ1v) is 9.66. The molecule has 5 nitrogen and oxygen atoms in total. The minimum Gasteiger partial charge on any atom is -0.385 e. The number of hydrogen-bond donors (Lipinski definition) is 2. The molecule has 2 rings (SSSR count). The first kappa shape index (κ1) is 24.7. The zero-order chi connectivity index (χ0) is 19.0. The van der Waals surface area contributed by atoms with Crippen LogP contribution in [-0.2, 0) is 4.74 Å². The standard InChI is InChI=1S/C18H33F3N4O.HI/c1-3-22-16(24-13-17(6-4-7-17)8-10-26-2)23-11-15-5-9-25(12-15)14-18(19,20)21;/h15H,3-14H2,1-2H3,(H2,22,23,24);1H. The second-order valence-corrected chi connectivity index (χ2v) is 7.68. The zero-order valence-electron chi connectivity index (χ0n) is 16.4. The number of hydrogen-bond acceptors (Lipinski definition) is 3. The van der Waals surface area contributed by atoms with Gasteiger partial charge in [0.25, 0.3) is 0 Å². The molecule has 0 aromatic heterocycles. The van der Waals surface area contributed by atoms with Gasteiger partial charge in [-0.2, -0.15) is 13.2 Å². The van der Waals surface area contributed by atoms with Crippen molar-refractivity contribution in [2.75, 3.05) is 53.0 Å². The van der Waals surface area contributed by atoms with Crippen molar-refractivity contribution in [3.8, 4) is 0 Å². The molecule has 1 heterocycles. The van der Waals surface area contributed by atoms with Crippen molar-refractivity contribution in [2.45, 2.75) is 45.2 Å². The number of methoxy groups -OCH3 is 1. The van der Waals surface area contributed by atoms with Gasteiger partial charge in [0.15, 0.2) is 5.96 Å². The summed E-state index contributed by atoms with van der Waals surface area (Å²) in [6.45, 7) is 5.17. The second-order valence-electron chi connectivity index (χ2n) is 7.68. The fraction of sp³-hybridized carbons (Fsp3) is 0.944. The Balaban J connectivity index is 0.00000364. The Morgan fingerprint density at radius 3 is 2.59 bits per heavy atom. The molecule has 1 saturated carbocycles. The SMILES string of the molecule is CCNC(=NCC1(CCOC)CCC1)NCC1CCN(CC(F)(F)F)C1.I. The molecule has 27 heavy (non-hydrogen) atoms. The van der Waals surface area contributed by atoms with E-state index in [0.29, 0.717) is 19.6 Å². The topological polar surface area (TPSA) is 48.9 Å². The Bertz CT molecular complexity index is 458. The predicted molar refractivity (Wildman–Crippen MR) is 113 cm³/mol. The van der Waals surface area contributed by atoms with Crippen LogP contribution >= 0.6 is 24.0 Å². The number of guanidine groups is 1. The lowest BCUT2D eigenvalue weighted by Crippen LogP contribution is -2.42. The Kier molecular flexibility index (Phi) is 10.7. The van der Waals surface area contributed by atoms with Crippen LogP contribution in [0, 0.1) is 11.3 Å². The minimum absolute atomic E-state index is 0. The average molecular weight is 506 g/mol. The van der Waals surface area contributed by atoms with E-state index in [-0.39, 0.29) is 35.3 Å². The van der Waals surface area contributed by atoms with Gasteiger partial charge in [0.05, 0.1) is 6.54 Å². The van der Waals surface area contributed by atoms with E-state index >= 15 is 0 Å². The maximum atomic E-state index is 12.5. The van der Waals surface area contributed by atoms with Crippen LogP contribution in [0.1, 0.15) is 39.0 Å². The number of halogens is 4. The summed E-state index contributed by atoms with van der Waals surface area (Å²) in [4.78, 5) is 6.24. The highest BCUT2D eigenvalue weighted by Crippen LogP contribution is 2.44. The summed E-state index contributed by atoms with van der Waals surface area (Å²) in [5.41, 5.74) is 0.259. The molecular weight excluding hydrogens is 472 g/mol. The van der Waals surface area contributed by atoms with Gasteiger partial charge >= 0.3 is 6.18 Å². The van der Waals surface area contributed by atoms with Crippen LogP contribution < -0.4 is 10.6 Å². The molecule has 0 radical (unpaired) electrons. The Morgan fingerprint density at radius 1 is 1.30 bits per heavy atom. The molecule has 1 atom stereocenters. The van der Waals surface area contributed by atoms with Crippen LogP contribution in [0.4, 0.5) is 13.2 Å². The summed E-state index contributed by atoms with van der Waals surface area (Å²) in [6, 6.07) is 0. The lowest BCUT2D eigenvalue weighted by molar-refractivity contribution is -0.143. The molecule has 2 N–H and O–H groups in total. The molecule has 2 aliphatic rings. The summed E-state index contributed by atoms with van der Waals surface area (Å²) in [6.07, 6.45) is 1.34. The number of nitrogens with one attached hydrogen (secondary N) is 2. The van der Waals surface area contributed by atoms with Crippen molar-refractivity contribution in [1.82, 2.24) is 15.5 Å². The summed E-state index contributed by atoms with van der Waals surface area (Å²) < 4.78 is 42.7. The third-order valence-electron chi connectivity index (χ3n) is 5.50. The minimum atomic E-state index is -4.11. The van der Waals surface area contributed by atoms with Crippen molar-refractivity contribution < 1.29 is 17.9 Å². The molecule has 9 heteroatoms. The van der Waals surface area contributed by atoms with Gasteiger partial charge in [-0.25, -0.2) is 0 Å². The van der Waals surface area contributed by atoms with E-state index in [2.05, 4.69) is 10.6 Å². The van der Waals surface area contributed by atoms with Gasteiger partial charge in [0, 0.05) is 39.9 Å². The molecule has 0 bridgehead atoms. The highest BCUT2D eigenvalue weighted by molar-refractivity contribution is 14.0. The van der Waals surface area contributed by atoms with Gasteiger partial charge < -0.3 is 15.4 Å². The molecule has 1 aliphatic heterocycles. The molecule has 1 saturated heterocycles. The van der Waals surface area contributed by atoms with Crippen molar-refractivity contribution in [3.05, 3.63) is 0 Å². The number of ether oxygens (including phenoxy) is 1. The number of likely N-dealkylation sites (tertiary alicyclic amines) is 1. The fourth-order valence-electron chi connectivity index (χ4n) is 3.79. The molecular formula is C18H34F3IN4O. The summed E-state index contributed by atoms with van der Waals surface area (Å²) >= 11 is 0. The molecule has 160 valence electrons. The van der Waals surface area contributed by atoms with E-state index in [1.54, 1.807) is 7.11 Å². The highest BCUT2D eigenvalue weighted by atomic mass is 127. The maximum absolute atomic E-state index is 12.5. The highest BCUT2D eigenvalue weighted by Gasteiger charge is 2.36. The van der Waals surface area contributed by atoms with E-state index in [0.717, 1.165) is 38.5 Å². The third kappa shape index (κ3) is 8.72. The summed E-state index contributed by atoms with van der Waals surface area (Å²) in [5.74, 6) is 0.998. The van der Waals surface area contributed by atoms with E-state index in [1.807, 2.05) is 6.92 Å². The van der Waals surface area contributed by atoms with Crippen LogP contribution in [0.3, 0.4) is 0 Å². The van der Waals surface area contributed by atoms with Gasteiger partial charge in [0.2, 0.25) is 0 Å². The van der Waals surface area contributed by atoms with E-state index in [1.165, 1.54) is 24.2 Å². The molecule has 0 amide bonds. The first-order chi connectivity index (χ1) is 12.4. The average Bonchev–Trinajstić information content (AvgIpc) is 2.96. The van der Waals surface area contributed by atoms with E-state index in [9.17, 15) is 13.2 Å². The van der Waals surface area contributed by atoms with Crippen LogP contribution in [-0.4, -0.2) is 70.0 Å². The Morgan fingerprint density at radius 2 is 2.04 bits per heavy atom. The van der Waals surface area contributed by atoms with Gasteiger partial charge in [-0.15, -0.1) is 24.0 Å². The molecule has 1 unspecified atom stereocenters. The number of aliphatic imine (C=N–C) groups is 1. The van der Waals surface area contributed by atoms with Crippen LogP contribution in [0.25, 0.3) is 0 Å². The zero-order valence-corrected chi connectivity index (χ0v) is 18.7. The maximum Gasteiger partial charge on any atom is 0.401 e. The van der Waals surface area contributed by atoms with Crippen LogP contribution in [0.2, 0.25) is 0 Å². The second kappa shape index (κ2) is 11.6. The molecule has 0 spiro atoms. The van der Waals surface area contributed by atoms with E-state index < -0.39 is 12.7 Å². The van der Waals surface area contributed by atoms with Gasteiger partial charge in [-0.3, -0.25) is 9.89 Å². The monoisotopic (exact) mass is 506 g/mol. The fourth-order valence-corrected chi connectivity index (χ4v) is 3.79. The first-order valence-electron chi connectivity index (χ1n) is 9.66. The van der Waals surface area contributed by atoms with Crippen LogP contribution in [0.5, 0.6) is 0 Å². The normalized spacial score (nSPS) is 22.9. The molecule has 1 aliphatic carbocycles. The number of nitrogens with zero attached hydrogens (tertiary/aromatic N) is 2. The summed E-state index contributed by atoms with van der Waals surface area (Å²) in [5, 5.41) is 6.57. The van der Waals surface area contributed by atoms with Crippen molar-refractivity contribution >= 4 is 29.9 Å². The predicted octanol–water partition coefficient (Wildman–Crippen LogP) is 3.25. The van der Waals surface area contributed by atoms with Gasteiger partial charge in [-0.1, -0.05) is 6.42 Å². The van der Waals surface area contributed by atoms with E-state index in [4.69, 9.17) is 9.73 Å². The lowest BCUT2D eigenvalue weighted by Gasteiger charge is -2.40. The largest absolute Gasteiger partial charge is 0.401 e. The lowest BCUT2D eigenvalue weighted by atomic mass is 9.67. The quantitative estimate of drug-likeness (QED) is 0.287. The third-order valence-corrected chi connectivity index (χ3v) is 5.50. The molecule has 0 aromatic rings. The van der Waals surface area contributed by atoms with Crippen molar-refractivity contribution in [1.29, 1.82) is 0 Å². The van der Waals surface area contributed by atoms with Crippen molar-refractivity contribution in [3.63, 3.8) is 0 Å².